The lowest BCUT2D eigenvalue weighted by Crippen LogP contribution is -2.44. The fourth-order valence-corrected chi connectivity index (χ4v) is 4.87. The topological polar surface area (TPSA) is 111 Å². The maximum absolute atomic E-state index is 15.2. The third-order valence-electron chi connectivity index (χ3n) is 6.90. The minimum atomic E-state index is -0.462. The first-order valence-corrected chi connectivity index (χ1v) is 13.1. The first-order valence-electron chi connectivity index (χ1n) is 13.1. The van der Waals surface area contributed by atoms with Gasteiger partial charge in [0, 0.05) is 43.0 Å². The summed E-state index contributed by atoms with van der Waals surface area (Å²) < 4.78 is 22.7. The third kappa shape index (κ3) is 5.32. The summed E-state index contributed by atoms with van der Waals surface area (Å²) in [5.41, 5.74) is 1.64. The van der Waals surface area contributed by atoms with Gasteiger partial charge in [-0.1, -0.05) is 37.6 Å². The third-order valence-corrected chi connectivity index (χ3v) is 6.90. The van der Waals surface area contributed by atoms with Crippen molar-refractivity contribution in [3.05, 3.63) is 78.4 Å². The molecule has 3 aliphatic rings. The van der Waals surface area contributed by atoms with E-state index in [1.807, 2.05) is 31.2 Å². The highest BCUT2D eigenvalue weighted by atomic mass is 19.1. The highest BCUT2D eigenvalue weighted by Crippen LogP contribution is 2.38. The largest absolute Gasteiger partial charge is 0.457 e. The molecule has 3 aliphatic heterocycles. The molecule has 0 bridgehead atoms. The predicted octanol–water partition coefficient (Wildman–Crippen LogP) is 6.23. The average molecular weight is 525 g/mol. The number of hydrogen-bond donors (Lipinski definition) is 2. The van der Waals surface area contributed by atoms with E-state index in [0.29, 0.717) is 59.6 Å². The van der Waals surface area contributed by atoms with E-state index < -0.39 is 5.82 Å². The van der Waals surface area contributed by atoms with Gasteiger partial charge in [0.1, 0.15) is 40.5 Å². The Morgan fingerprint density at radius 1 is 1.28 bits per heavy atom. The number of para-hydroxylation sites is 1. The van der Waals surface area contributed by atoms with Crippen LogP contribution in [0.2, 0.25) is 0 Å². The summed E-state index contributed by atoms with van der Waals surface area (Å²) in [6, 6.07) is 15.9. The molecule has 9 heteroatoms. The highest BCUT2D eigenvalue weighted by molar-refractivity contribution is 5.98. The van der Waals surface area contributed by atoms with Gasteiger partial charge in [-0.3, -0.25) is 14.8 Å². The normalized spacial score (nSPS) is 15.8. The van der Waals surface area contributed by atoms with Crippen molar-refractivity contribution in [3.63, 3.8) is 0 Å². The molecule has 0 aromatic heterocycles. The standard InChI is InChI=1S/C30H29FN6O2/c1-2-3-8-20(18-32)30(38)36-15-7-9-21(19-36)28(33)37-16-14-34-29-27(37)26(35-29)24-13-12-23(17-25(24)31)39-22-10-5-4-6-11-22/h4-6,8,10-14,16-17,21,33H,2-3,7,9,15,19H2,1H3,(H,34,35)/b20-8+,33-28?/t21-/m1/s1. The number of amides is 1. The predicted molar refractivity (Wildman–Crippen MR) is 146 cm³/mol. The van der Waals surface area contributed by atoms with Crippen LogP contribution in [0, 0.1) is 28.5 Å². The van der Waals surface area contributed by atoms with Gasteiger partial charge in [-0.2, -0.15) is 5.26 Å². The lowest BCUT2D eigenvalue weighted by molar-refractivity contribution is -0.128. The van der Waals surface area contributed by atoms with Crippen LogP contribution >= 0.6 is 0 Å². The molecule has 198 valence electrons. The number of nitrogens with one attached hydrogen (secondary N) is 2. The monoisotopic (exact) mass is 524 g/mol. The molecule has 3 heterocycles. The van der Waals surface area contributed by atoms with E-state index in [-0.39, 0.29) is 17.4 Å². The molecule has 0 unspecified atom stereocenters. The van der Waals surface area contributed by atoms with Crippen molar-refractivity contribution < 1.29 is 13.9 Å². The summed E-state index contributed by atoms with van der Waals surface area (Å²) in [6.07, 6.45) is 7.96. The fourth-order valence-electron chi connectivity index (χ4n) is 4.87. The fraction of sp³-hybridized carbons (Fsp3) is 0.267. The van der Waals surface area contributed by atoms with Crippen LogP contribution in [0.5, 0.6) is 11.5 Å². The zero-order chi connectivity index (χ0) is 27.4. The Kier molecular flexibility index (Phi) is 7.55. The second-order valence-electron chi connectivity index (χ2n) is 9.55. The maximum atomic E-state index is 15.2. The molecule has 0 saturated carbocycles. The van der Waals surface area contributed by atoms with Gasteiger partial charge in [-0.15, -0.1) is 0 Å². The average Bonchev–Trinajstić information content (AvgIpc) is 2.95. The van der Waals surface area contributed by atoms with Gasteiger partial charge < -0.3 is 14.6 Å². The van der Waals surface area contributed by atoms with E-state index >= 15 is 4.39 Å². The minimum absolute atomic E-state index is 0.152. The van der Waals surface area contributed by atoms with Gasteiger partial charge >= 0.3 is 0 Å². The van der Waals surface area contributed by atoms with Crippen LogP contribution < -0.4 is 4.74 Å². The molecular weight excluding hydrogens is 495 g/mol. The minimum Gasteiger partial charge on any atom is -0.457 e. The summed E-state index contributed by atoms with van der Waals surface area (Å²) in [7, 11) is 0. The smallest absolute Gasteiger partial charge is 0.264 e. The van der Waals surface area contributed by atoms with Gasteiger partial charge in [0.15, 0.2) is 5.82 Å². The van der Waals surface area contributed by atoms with Crippen molar-refractivity contribution in [2.45, 2.75) is 32.6 Å². The van der Waals surface area contributed by atoms with Crippen LogP contribution in [-0.2, 0) is 4.79 Å². The van der Waals surface area contributed by atoms with Crippen LogP contribution in [0.1, 0.15) is 32.6 Å². The Labute approximate surface area is 226 Å². The number of benzene rings is 2. The van der Waals surface area contributed by atoms with Crippen LogP contribution in [0.15, 0.2) is 72.6 Å². The van der Waals surface area contributed by atoms with Crippen molar-refractivity contribution in [1.29, 1.82) is 10.7 Å². The van der Waals surface area contributed by atoms with Crippen LogP contribution in [-0.4, -0.2) is 44.3 Å². The zero-order valence-electron chi connectivity index (χ0n) is 21.7. The Balaban J connectivity index is 1.38. The molecule has 0 spiro atoms. The number of nitriles is 1. The van der Waals surface area contributed by atoms with Crippen LogP contribution in [0.4, 0.5) is 4.39 Å². The second kappa shape index (κ2) is 11.4. The number of hydrogen-bond acceptors (Lipinski definition) is 5. The Morgan fingerprint density at radius 3 is 2.85 bits per heavy atom. The van der Waals surface area contributed by atoms with Crippen molar-refractivity contribution in [3.8, 4) is 40.3 Å². The molecule has 1 saturated heterocycles. The summed E-state index contributed by atoms with van der Waals surface area (Å²) >= 11 is 0. The first-order chi connectivity index (χ1) is 19.0. The van der Waals surface area contributed by atoms with Crippen molar-refractivity contribution >= 4 is 11.7 Å². The number of aromatic nitrogens is 3. The number of piperidine rings is 1. The van der Waals surface area contributed by atoms with E-state index in [1.165, 1.54) is 6.07 Å². The molecule has 8 nitrogen and oxygen atoms in total. The van der Waals surface area contributed by atoms with E-state index in [2.05, 4.69) is 9.97 Å². The summed E-state index contributed by atoms with van der Waals surface area (Å²) in [5.74, 6) is 0.859. The molecule has 39 heavy (non-hydrogen) atoms. The number of likely N-dealkylation sites (tertiary alicyclic amines) is 1. The lowest BCUT2D eigenvalue weighted by atomic mass is 9.95. The van der Waals surface area contributed by atoms with Crippen molar-refractivity contribution in [2.24, 2.45) is 5.92 Å². The number of halogens is 1. The quantitative estimate of drug-likeness (QED) is 0.129. The molecule has 2 N–H and O–H groups in total. The Morgan fingerprint density at radius 2 is 2.10 bits per heavy atom. The van der Waals surface area contributed by atoms with E-state index in [1.54, 1.807) is 52.2 Å². The first kappa shape index (κ1) is 25.9. The number of rotatable bonds is 7. The van der Waals surface area contributed by atoms with Crippen molar-refractivity contribution in [2.75, 3.05) is 13.1 Å². The molecule has 2 aromatic rings. The number of ether oxygens (including phenoxy) is 1. The lowest BCUT2D eigenvalue weighted by Gasteiger charge is -2.34. The van der Waals surface area contributed by atoms with E-state index in [0.717, 1.165) is 19.3 Å². The number of carbonyl (C=O) groups is 1. The number of fused-ring (bicyclic) bond motifs is 1. The SMILES string of the molecule is CCC/C=C(\C#N)C(=O)N1CCC[C@@H](C(=N)n2ccnc3[nH]c(-c4ccc(Oc5ccccc5)cc4F)c2-3)C1. The molecule has 1 fully saturated rings. The number of nitrogens with zero attached hydrogens (tertiary/aromatic N) is 4. The number of carbonyl (C=O) groups excluding carboxylic acids is 1. The molecule has 2 aromatic carbocycles. The van der Waals surface area contributed by atoms with Gasteiger partial charge in [-0.25, -0.2) is 9.37 Å². The Bertz CT molecular complexity index is 1530. The maximum Gasteiger partial charge on any atom is 0.264 e. The molecule has 0 radical (unpaired) electrons. The molecule has 5 rings (SSSR count). The second-order valence-corrected chi connectivity index (χ2v) is 9.55. The zero-order valence-corrected chi connectivity index (χ0v) is 21.7. The summed E-state index contributed by atoms with van der Waals surface area (Å²) in [4.78, 5) is 22.1. The van der Waals surface area contributed by atoms with Gasteiger partial charge in [0.05, 0.1) is 5.69 Å². The molecule has 1 amide bonds. The van der Waals surface area contributed by atoms with Crippen LogP contribution in [0.3, 0.4) is 0 Å². The molecule has 1 atom stereocenters. The summed E-state index contributed by atoms with van der Waals surface area (Å²) in [6.45, 7) is 2.89. The molecule has 0 aliphatic carbocycles. The Hall–Kier alpha value is -4.71. The number of allylic oxidation sites excluding steroid dienone is 1. The van der Waals surface area contributed by atoms with Gasteiger partial charge in [0.25, 0.3) is 5.91 Å². The summed E-state index contributed by atoms with van der Waals surface area (Å²) in [5, 5.41) is 18.5. The van der Waals surface area contributed by atoms with Crippen LogP contribution in [0.25, 0.3) is 22.8 Å². The molecular formula is C30H29FN6O2. The van der Waals surface area contributed by atoms with E-state index in [4.69, 9.17) is 10.1 Å². The van der Waals surface area contributed by atoms with E-state index in [9.17, 15) is 10.1 Å². The number of aromatic amines is 1. The van der Waals surface area contributed by atoms with Crippen molar-refractivity contribution in [1.82, 2.24) is 19.4 Å². The van der Waals surface area contributed by atoms with Gasteiger partial charge in [-0.05, 0) is 43.5 Å². The highest BCUT2D eigenvalue weighted by Gasteiger charge is 2.31. The number of unbranched alkanes of at least 4 members (excludes halogenated alkanes) is 1. The number of H-pyrrole nitrogens is 1. The van der Waals surface area contributed by atoms with Gasteiger partial charge in [0.2, 0.25) is 0 Å².